The molecule has 1 saturated carbocycles. The Bertz CT molecular complexity index is 334. The van der Waals surface area contributed by atoms with E-state index in [9.17, 15) is 8.78 Å². The molecule has 0 unspecified atom stereocenters. The second kappa shape index (κ2) is 4.71. The number of halogens is 2. The summed E-state index contributed by atoms with van der Waals surface area (Å²) in [5.74, 6) is -0.936. The first-order valence-corrected chi connectivity index (χ1v) is 5.43. The topological polar surface area (TPSA) is 12.0 Å². The molecule has 3 heteroatoms. The Morgan fingerprint density at radius 3 is 2.73 bits per heavy atom. The SMILES string of the molecule is Fc1ccc(CCCNC2CC2)c(F)c1. The molecule has 0 saturated heterocycles. The van der Waals surface area contributed by atoms with Crippen LogP contribution in [0.4, 0.5) is 8.78 Å². The van der Waals surface area contributed by atoms with Crippen molar-refractivity contribution in [2.45, 2.75) is 31.7 Å². The Kier molecular flexibility index (Phi) is 3.31. The van der Waals surface area contributed by atoms with E-state index in [0.29, 0.717) is 18.0 Å². The normalized spacial score (nSPS) is 15.6. The van der Waals surface area contributed by atoms with E-state index in [-0.39, 0.29) is 0 Å². The highest BCUT2D eigenvalue weighted by molar-refractivity contribution is 5.18. The highest BCUT2D eigenvalue weighted by Gasteiger charge is 2.19. The van der Waals surface area contributed by atoms with Gasteiger partial charge >= 0.3 is 0 Å². The maximum Gasteiger partial charge on any atom is 0.129 e. The number of aryl methyl sites for hydroxylation is 1. The molecule has 0 atom stereocenters. The predicted molar refractivity (Wildman–Crippen MR) is 55.7 cm³/mol. The van der Waals surface area contributed by atoms with Gasteiger partial charge in [0.15, 0.2) is 0 Å². The summed E-state index contributed by atoms with van der Waals surface area (Å²) in [6.45, 7) is 0.918. The van der Waals surface area contributed by atoms with Crippen LogP contribution in [-0.2, 0) is 6.42 Å². The molecule has 0 amide bonds. The van der Waals surface area contributed by atoms with Gasteiger partial charge in [0.05, 0.1) is 0 Å². The lowest BCUT2D eigenvalue weighted by Crippen LogP contribution is -2.18. The van der Waals surface area contributed by atoms with E-state index in [4.69, 9.17) is 0 Å². The minimum Gasteiger partial charge on any atom is -0.314 e. The molecule has 82 valence electrons. The molecule has 15 heavy (non-hydrogen) atoms. The molecule has 0 bridgehead atoms. The summed E-state index contributed by atoms with van der Waals surface area (Å²) < 4.78 is 25.8. The van der Waals surface area contributed by atoms with Gasteiger partial charge in [-0.2, -0.15) is 0 Å². The third kappa shape index (κ3) is 3.27. The van der Waals surface area contributed by atoms with Crippen molar-refractivity contribution in [3.8, 4) is 0 Å². The van der Waals surface area contributed by atoms with E-state index in [1.807, 2.05) is 0 Å². The van der Waals surface area contributed by atoms with Crippen LogP contribution in [0.5, 0.6) is 0 Å². The fourth-order valence-corrected chi connectivity index (χ4v) is 1.60. The molecule has 1 aliphatic carbocycles. The molecule has 1 aromatic carbocycles. The van der Waals surface area contributed by atoms with Gasteiger partial charge in [-0.05, 0) is 43.9 Å². The summed E-state index contributed by atoms with van der Waals surface area (Å²) >= 11 is 0. The first-order chi connectivity index (χ1) is 7.25. The fraction of sp³-hybridized carbons (Fsp3) is 0.500. The van der Waals surface area contributed by atoms with Crippen molar-refractivity contribution in [2.24, 2.45) is 0 Å². The second-order valence-corrected chi connectivity index (χ2v) is 4.07. The summed E-state index contributed by atoms with van der Waals surface area (Å²) in [4.78, 5) is 0. The number of hydrogen-bond acceptors (Lipinski definition) is 1. The van der Waals surface area contributed by atoms with Crippen molar-refractivity contribution in [1.29, 1.82) is 0 Å². The lowest BCUT2D eigenvalue weighted by molar-refractivity contribution is 0.564. The molecule has 1 aromatic rings. The Labute approximate surface area is 88.5 Å². The minimum absolute atomic E-state index is 0.429. The number of rotatable bonds is 5. The zero-order valence-electron chi connectivity index (χ0n) is 8.60. The first kappa shape index (κ1) is 10.6. The molecule has 1 aliphatic rings. The average Bonchev–Trinajstić information content (AvgIpc) is 2.99. The molecule has 1 N–H and O–H groups in total. The van der Waals surface area contributed by atoms with Crippen molar-refractivity contribution < 1.29 is 8.78 Å². The Morgan fingerprint density at radius 2 is 2.07 bits per heavy atom. The quantitative estimate of drug-likeness (QED) is 0.738. The van der Waals surface area contributed by atoms with Crippen molar-refractivity contribution in [1.82, 2.24) is 5.32 Å². The van der Waals surface area contributed by atoms with Crippen LogP contribution < -0.4 is 5.32 Å². The first-order valence-electron chi connectivity index (χ1n) is 5.43. The Balaban J connectivity index is 1.76. The van der Waals surface area contributed by atoms with Crippen LogP contribution in [0.25, 0.3) is 0 Å². The lowest BCUT2D eigenvalue weighted by atomic mass is 10.1. The van der Waals surface area contributed by atoms with Crippen LogP contribution in [-0.4, -0.2) is 12.6 Å². The van der Waals surface area contributed by atoms with Crippen molar-refractivity contribution in [2.75, 3.05) is 6.54 Å². The molecule has 1 nitrogen and oxygen atoms in total. The monoisotopic (exact) mass is 211 g/mol. The van der Waals surface area contributed by atoms with Crippen LogP contribution >= 0.6 is 0 Å². The van der Waals surface area contributed by atoms with Crippen LogP contribution in [0.2, 0.25) is 0 Å². The van der Waals surface area contributed by atoms with E-state index in [1.165, 1.54) is 25.0 Å². The molecule has 0 radical (unpaired) electrons. The lowest BCUT2D eigenvalue weighted by Gasteiger charge is -2.04. The molecular formula is C12H15F2N. The highest BCUT2D eigenvalue weighted by atomic mass is 19.1. The summed E-state index contributed by atoms with van der Waals surface area (Å²) in [7, 11) is 0. The van der Waals surface area contributed by atoms with E-state index >= 15 is 0 Å². The number of nitrogens with one attached hydrogen (secondary N) is 1. The number of benzene rings is 1. The van der Waals surface area contributed by atoms with Crippen molar-refractivity contribution in [3.05, 3.63) is 35.4 Å². The second-order valence-electron chi connectivity index (χ2n) is 4.07. The summed E-state index contributed by atoms with van der Waals surface area (Å²) in [5.41, 5.74) is 0.606. The predicted octanol–water partition coefficient (Wildman–Crippen LogP) is 2.65. The summed E-state index contributed by atoms with van der Waals surface area (Å²) in [6, 6.07) is 4.49. The molecule has 1 fully saturated rings. The maximum atomic E-state index is 13.2. The van der Waals surface area contributed by atoms with Gasteiger partial charge in [-0.1, -0.05) is 6.07 Å². The van der Waals surface area contributed by atoms with Crippen molar-refractivity contribution >= 4 is 0 Å². The maximum absolute atomic E-state index is 13.2. The van der Waals surface area contributed by atoms with Gasteiger partial charge < -0.3 is 5.32 Å². The van der Waals surface area contributed by atoms with Crippen molar-refractivity contribution in [3.63, 3.8) is 0 Å². The standard InChI is InChI=1S/C12H15F2N/c13-10-4-3-9(12(14)8-10)2-1-7-15-11-5-6-11/h3-4,8,11,15H,1-2,5-7H2. The highest BCUT2D eigenvalue weighted by Crippen LogP contribution is 2.18. The molecule has 0 aromatic heterocycles. The summed E-state index contributed by atoms with van der Waals surface area (Å²) in [5, 5.41) is 3.36. The van der Waals surface area contributed by atoms with Gasteiger partial charge in [-0.3, -0.25) is 0 Å². The molecule has 2 rings (SSSR count). The zero-order chi connectivity index (χ0) is 10.7. The Morgan fingerprint density at radius 1 is 1.27 bits per heavy atom. The van der Waals surface area contributed by atoms with Gasteiger partial charge in [-0.25, -0.2) is 8.78 Å². The minimum atomic E-state index is -0.507. The smallest absolute Gasteiger partial charge is 0.129 e. The zero-order valence-corrected chi connectivity index (χ0v) is 8.60. The van der Waals surface area contributed by atoms with E-state index in [2.05, 4.69) is 5.32 Å². The van der Waals surface area contributed by atoms with Gasteiger partial charge in [0, 0.05) is 12.1 Å². The van der Waals surface area contributed by atoms with Crippen LogP contribution in [0.3, 0.4) is 0 Å². The van der Waals surface area contributed by atoms with Crippen LogP contribution in [0.15, 0.2) is 18.2 Å². The van der Waals surface area contributed by atoms with Crippen LogP contribution in [0, 0.1) is 11.6 Å². The van der Waals surface area contributed by atoms with E-state index in [0.717, 1.165) is 19.0 Å². The molecule has 0 heterocycles. The van der Waals surface area contributed by atoms with Gasteiger partial charge in [0.25, 0.3) is 0 Å². The summed E-state index contributed by atoms with van der Waals surface area (Å²) in [6.07, 6.45) is 4.11. The average molecular weight is 211 g/mol. The van der Waals surface area contributed by atoms with Crippen LogP contribution in [0.1, 0.15) is 24.8 Å². The largest absolute Gasteiger partial charge is 0.314 e. The number of hydrogen-bond donors (Lipinski definition) is 1. The van der Waals surface area contributed by atoms with E-state index < -0.39 is 11.6 Å². The van der Waals surface area contributed by atoms with Gasteiger partial charge in [-0.15, -0.1) is 0 Å². The van der Waals surface area contributed by atoms with Gasteiger partial charge in [0.2, 0.25) is 0 Å². The van der Waals surface area contributed by atoms with Gasteiger partial charge in [0.1, 0.15) is 11.6 Å². The molecular weight excluding hydrogens is 196 g/mol. The Hall–Kier alpha value is -0.960. The molecule has 0 aliphatic heterocycles. The van der Waals surface area contributed by atoms with E-state index in [1.54, 1.807) is 0 Å². The third-order valence-electron chi connectivity index (χ3n) is 2.65. The fourth-order valence-electron chi connectivity index (χ4n) is 1.60. The third-order valence-corrected chi connectivity index (χ3v) is 2.65. The molecule has 0 spiro atoms.